The molecule has 2 heterocycles. The molecule has 1 aromatic carbocycles. The summed E-state index contributed by atoms with van der Waals surface area (Å²) in [4.78, 5) is 12.4. The molecular formula is C19H24ClN3O4S. The summed E-state index contributed by atoms with van der Waals surface area (Å²) in [6, 6.07) is 8.24. The first kappa shape index (κ1) is 20.7. The molecule has 0 aliphatic carbocycles. The van der Waals surface area contributed by atoms with Gasteiger partial charge in [0.2, 0.25) is 0 Å². The molecule has 28 heavy (non-hydrogen) atoms. The molecule has 1 N–H and O–H groups in total. The van der Waals surface area contributed by atoms with E-state index in [2.05, 4.69) is 10.4 Å². The number of aromatic nitrogens is 2. The minimum absolute atomic E-state index is 0.0302. The van der Waals surface area contributed by atoms with Crippen LogP contribution in [0.25, 0.3) is 0 Å². The van der Waals surface area contributed by atoms with Gasteiger partial charge in [-0.2, -0.15) is 5.10 Å². The van der Waals surface area contributed by atoms with Crippen molar-refractivity contribution < 1.29 is 17.9 Å². The molecule has 0 spiro atoms. The molecule has 1 aromatic heterocycles. The second kappa shape index (κ2) is 7.75. The van der Waals surface area contributed by atoms with Crippen molar-refractivity contribution in [2.45, 2.75) is 38.6 Å². The Labute approximate surface area is 169 Å². The van der Waals surface area contributed by atoms with Gasteiger partial charge in [-0.1, -0.05) is 32.4 Å². The maximum Gasteiger partial charge on any atom is 0.263 e. The Morgan fingerprint density at radius 2 is 2.00 bits per heavy atom. The fraction of sp³-hybridized carbons (Fsp3) is 0.474. The number of amides is 1. The fourth-order valence-corrected chi connectivity index (χ4v) is 4.78. The largest absolute Gasteiger partial charge is 0.484 e. The number of rotatable bonds is 5. The van der Waals surface area contributed by atoms with Crippen LogP contribution in [0.4, 0.5) is 5.82 Å². The topological polar surface area (TPSA) is 90.3 Å². The first-order valence-electron chi connectivity index (χ1n) is 9.02. The number of hydrogen-bond acceptors (Lipinski definition) is 5. The van der Waals surface area contributed by atoms with E-state index in [9.17, 15) is 13.2 Å². The van der Waals surface area contributed by atoms with Gasteiger partial charge in [0.1, 0.15) is 11.6 Å². The van der Waals surface area contributed by atoms with E-state index in [1.165, 1.54) is 0 Å². The van der Waals surface area contributed by atoms with E-state index in [4.69, 9.17) is 16.3 Å². The van der Waals surface area contributed by atoms with E-state index in [-0.39, 0.29) is 35.5 Å². The maximum atomic E-state index is 12.4. The van der Waals surface area contributed by atoms with Crippen LogP contribution in [0.5, 0.6) is 5.75 Å². The van der Waals surface area contributed by atoms with Gasteiger partial charge in [0.05, 0.1) is 23.2 Å². The van der Waals surface area contributed by atoms with E-state index >= 15 is 0 Å². The lowest BCUT2D eigenvalue weighted by molar-refractivity contribution is -0.118. The fourth-order valence-electron chi connectivity index (χ4n) is 2.96. The monoisotopic (exact) mass is 425 g/mol. The van der Waals surface area contributed by atoms with Crippen LogP contribution in [-0.4, -0.2) is 42.2 Å². The van der Waals surface area contributed by atoms with Gasteiger partial charge in [-0.05, 0) is 30.7 Å². The maximum absolute atomic E-state index is 12.4. The molecule has 0 unspecified atom stereocenters. The van der Waals surface area contributed by atoms with Crippen LogP contribution in [-0.2, 0) is 20.0 Å². The zero-order chi connectivity index (χ0) is 20.5. The summed E-state index contributed by atoms with van der Waals surface area (Å²) < 4.78 is 30.9. The number of carbonyl (C=O) groups is 1. The highest BCUT2D eigenvalue weighted by molar-refractivity contribution is 7.91. The third-order valence-electron chi connectivity index (χ3n) is 4.51. The third-order valence-corrected chi connectivity index (χ3v) is 6.51. The summed E-state index contributed by atoms with van der Waals surface area (Å²) >= 11 is 5.83. The number of ether oxygens (including phenoxy) is 1. The van der Waals surface area contributed by atoms with Gasteiger partial charge >= 0.3 is 0 Å². The number of anilines is 1. The quantitative estimate of drug-likeness (QED) is 0.794. The molecule has 1 aliphatic heterocycles. The average Bonchev–Trinajstić information content (AvgIpc) is 3.17. The van der Waals surface area contributed by atoms with E-state index in [1.807, 2.05) is 20.8 Å². The van der Waals surface area contributed by atoms with E-state index in [1.54, 1.807) is 35.0 Å². The van der Waals surface area contributed by atoms with Gasteiger partial charge < -0.3 is 10.1 Å². The lowest BCUT2D eigenvalue weighted by atomic mass is 9.92. The number of nitrogens with one attached hydrogen (secondary N) is 1. The summed E-state index contributed by atoms with van der Waals surface area (Å²) in [6.07, 6.45) is 0.484. The standard InChI is InChI=1S/C19H24ClN3O4S/c1-19(2,3)16-10-17(23(22-16)14-8-9-28(25,26)12-14)21-18(24)11-27-15-6-4-13(20)5-7-15/h4-7,10,14H,8-9,11-12H2,1-3H3,(H,21,24)/t14-/m0/s1. The number of benzene rings is 1. The van der Waals surface area contributed by atoms with Crippen molar-refractivity contribution >= 4 is 33.2 Å². The van der Waals surface area contributed by atoms with Crippen molar-refractivity contribution in [1.29, 1.82) is 0 Å². The molecule has 2 aromatic rings. The second-order valence-corrected chi connectivity index (χ2v) is 10.6. The van der Waals surface area contributed by atoms with Gasteiger partial charge in [0.15, 0.2) is 16.4 Å². The predicted octanol–water partition coefficient (Wildman–Crippen LogP) is 3.21. The van der Waals surface area contributed by atoms with Crippen LogP contribution >= 0.6 is 11.6 Å². The van der Waals surface area contributed by atoms with Gasteiger partial charge in [-0.25, -0.2) is 13.1 Å². The van der Waals surface area contributed by atoms with Crippen LogP contribution in [0, 0.1) is 0 Å². The van der Waals surface area contributed by atoms with Gasteiger partial charge in [-0.15, -0.1) is 0 Å². The SMILES string of the molecule is CC(C)(C)c1cc(NC(=O)COc2ccc(Cl)cc2)n([C@H]2CCS(=O)(=O)C2)n1. The van der Waals surface area contributed by atoms with Crippen molar-refractivity contribution in [3.63, 3.8) is 0 Å². The lowest BCUT2D eigenvalue weighted by Crippen LogP contribution is -2.24. The summed E-state index contributed by atoms with van der Waals surface area (Å²) in [5.41, 5.74) is 0.549. The van der Waals surface area contributed by atoms with E-state index in [0.717, 1.165) is 5.69 Å². The summed E-state index contributed by atoms with van der Waals surface area (Å²) in [6.45, 7) is 5.86. The first-order chi connectivity index (χ1) is 13.0. The molecule has 9 heteroatoms. The highest BCUT2D eigenvalue weighted by Crippen LogP contribution is 2.30. The molecule has 0 radical (unpaired) electrons. The minimum atomic E-state index is -3.07. The normalized spacial score (nSPS) is 18.8. The highest BCUT2D eigenvalue weighted by Gasteiger charge is 2.32. The Kier molecular flexibility index (Phi) is 5.72. The molecule has 1 amide bonds. The summed E-state index contributed by atoms with van der Waals surface area (Å²) in [5.74, 6) is 0.831. The minimum Gasteiger partial charge on any atom is -0.484 e. The number of hydrogen-bond donors (Lipinski definition) is 1. The molecule has 152 valence electrons. The van der Waals surface area contributed by atoms with Crippen LogP contribution < -0.4 is 10.1 Å². The predicted molar refractivity (Wildman–Crippen MR) is 109 cm³/mol. The second-order valence-electron chi connectivity index (χ2n) is 7.96. The Morgan fingerprint density at radius 1 is 1.32 bits per heavy atom. The molecule has 0 saturated carbocycles. The average molecular weight is 426 g/mol. The van der Waals surface area contributed by atoms with Crippen LogP contribution in [0.1, 0.15) is 38.9 Å². The molecule has 1 fully saturated rings. The van der Waals surface area contributed by atoms with Crippen molar-refractivity contribution in [2.24, 2.45) is 0 Å². The van der Waals surface area contributed by atoms with E-state index in [0.29, 0.717) is 23.0 Å². The van der Waals surface area contributed by atoms with Gasteiger partial charge in [0, 0.05) is 16.5 Å². The smallest absolute Gasteiger partial charge is 0.263 e. The number of carbonyl (C=O) groups excluding carboxylic acids is 1. The Bertz CT molecular complexity index is 962. The summed E-state index contributed by atoms with van der Waals surface area (Å²) in [7, 11) is -3.07. The van der Waals surface area contributed by atoms with Crippen LogP contribution in [0.15, 0.2) is 30.3 Å². The van der Waals surface area contributed by atoms with Crippen molar-refractivity contribution in [2.75, 3.05) is 23.4 Å². The van der Waals surface area contributed by atoms with Crippen molar-refractivity contribution in [3.05, 3.63) is 41.0 Å². The first-order valence-corrected chi connectivity index (χ1v) is 11.2. The molecule has 1 saturated heterocycles. The van der Waals surface area contributed by atoms with Gasteiger partial charge in [-0.3, -0.25) is 4.79 Å². The van der Waals surface area contributed by atoms with Crippen LogP contribution in [0.3, 0.4) is 0 Å². The Hall–Kier alpha value is -2.06. The molecule has 1 atom stereocenters. The highest BCUT2D eigenvalue weighted by atomic mass is 35.5. The number of sulfone groups is 1. The number of halogens is 1. The molecular weight excluding hydrogens is 402 g/mol. The van der Waals surface area contributed by atoms with Gasteiger partial charge in [0.25, 0.3) is 5.91 Å². The van der Waals surface area contributed by atoms with Crippen LogP contribution in [0.2, 0.25) is 5.02 Å². The van der Waals surface area contributed by atoms with Crippen molar-refractivity contribution in [1.82, 2.24) is 9.78 Å². The molecule has 7 nitrogen and oxygen atoms in total. The third kappa shape index (κ3) is 5.05. The molecule has 0 bridgehead atoms. The number of nitrogens with zero attached hydrogens (tertiary/aromatic N) is 2. The Morgan fingerprint density at radius 3 is 2.57 bits per heavy atom. The molecule has 1 aliphatic rings. The zero-order valence-corrected chi connectivity index (χ0v) is 17.7. The Balaban J connectivity index is 1.75. The summed E-state index contributed by atoms with van der Waals surface area (Å²) in [5, 5.41) is 7.98. The van der Waals surface area contributed by atoms with Crippen molar-refractivity contribution in [3.8, 4) is 5.75 Å². The zero-order valence-electron chi connectivity index (χ0n) is 16.1. The lowest BCUT2D eigenvalue weighted by Gasteiger charge is -2.15. The van der Waals surface area contributed by atoms with E-state index < -0.39 is 9.84 Å². The molecule has 3 rings (SSSR count).